The van der Waals surface area contributed by atoms with Crippen molar-refractivity contribution in [3.8, 4) is 0 Å². The van der Waals surface area contributed by atoms with Crippen molar-refractivity contribution in [3.05, 3.63) is 0 Å². The van der Waals surface area contributed by atoms with Crippen LogP contribution in [0.3, 0.4) is 0 Å². The Labute approximate surface area is 70.9 Å². The fourth-order valence-electron chi connectivity index (χ4n) is 0. The van der Waals surface area contributed by atoms with E-state index in [9.17, 15) is 7.70 Å². The van der Waals surface area contributed by atoms with Gasteiger partial charge in [-0.3, -0.25) is 0 Å². The van der Waals surface area contributed by atoms with Crippen molar-refractivity contribution in [2.24, 2.45) is 0 Å². The minimum atomic E-state index is -7.26. The quantitative estimate of drug-likeness (QED) is 0.468. The fourth-order valence-corrected chi connectivity index (χ4v) is 0. The summed E-state index contributed by atoms with van der Waals surface area (Å²) in [5.41, 5.74) is 0. The molecule has 0 aliphatic heterocycles. The number of rotatable bonds is 0. The molecule has 3 N–H and O–H groups in total. The number of hydrogen-bond acceptors (Lipinski definition) is 1. The summed E-state index contributed by atoms with van der Waals surface area (Å²) in [6.07, 6.45) is 0. The van der Waals surface area contributed by atoms with Crippen molar-refractivity contribution in [3.63, 3.8) is 0 Å². The van der Waals surface area contributed by atoms with Crippen LogP contribution in [-0.2, 0) is 28.5 Å². The standard InChI is InChI=1S/4FH.H3N.Na.Y.H/h4*1H;1H3;;;/q;;;;;;+4;/p-4. The van der Waals surface area contributed by atoms with Gasteiger partial charge in [-0.25, -0.2) is 0 Å². The first-order valence-electron chi connectivity index (χ1n) is 0.873. The summed E-state index contributed by atoms with van der Waals surface area (Å²) in [4.78, 5) is 0. The van der Waals surface area contributed by atoms with Gasteiger partial charge in [0.25, 0.3) is 0 Å². The molecule has 0 atom stereocenters. The third kappa shape index (κ3) is 81.8. The first-order valence-corrected chi connectivity index (χ1v) is 5.16. The molecule has 41 valence electrons. The zero-order chi connectivity index (χ0) is 4.50. The van der Waals surface area contributed by atoms with Gasteiger partial charge in [-0.1, -0.05) is 0 Å². The normalized spacial score (nSPS) is 8.57. The third-order valence-electron chi connectivity index (χ3n) is 0. The van der Waals surface area contributed by atoms with Crippen LogP contribution >= 0.6 is 0 Å². The average molecular weight is 206 g/mol. The molecule has 0 saturated carbocycles. The molecule has 0 aromatic carbocycles. The predicted molar refractivity (Wildman–Crippen MR) is 16.6 cm³/mol. The van der Waals surface area contributed by atoms with E-state index in [1.807, 2.05) is 0 Å². The Bertz CT molecular complexity index is 27.2. The van der Waals surface area contributed by atoms with Crippen LogP contribution in [0, 0.1) is 0 Å². The predicted octanol–water partition coefficient (Wildman–Crippen LogP) is 1.19. The SMILES string of the molecule is N.[F][Y]([F])([F])[F].[NaH]. The van der Waals surface area contributed by atoms with E-state index in [0.717, 1.165) is 0 Å². The zero-order valence-electron chi connectivity index (χ0n) is 2.80. The van der Waals surface area contributed by atoms with Gasteiger partial charge in [0.15, 0.2) is 0 Å². The van der Waals surface area contributed by atoms with Crippen molar-refractivity contribution < 1.29 is 36.2 Å². The van der Waals surface area contributed by atoms with E-state index in [1.165, 1.54) is 0 Å². The maximum absolute atomic E-state index is 9.91. The molecule has 7 heteroatoms. The van der Waals surface area contributed by atoms with E-state index in [1.54, 1.807) is 0 Å². The Kier molecular flexibility index (Phi) is 13.4. The van der Waals surface area contributed by atoms with Gasteiger partial charge < -0.3 is 6.15 Å². The second kappa shape index (κ2) is 5.91. The molecule has 0 amide bonds. The first-order chi connectivity index (χ1) is 2.00. The molecule has 0 heterocycles. The monoisotopic (exact) mass is 206 g/mol. The average Bonchev–Trinajstić information content (AvgIpc) is 0.722. The van der Waals surface area contributed by atoms with Gasteiger partial charge >= 0.3 is 65.8 Å². The summed E-state index contributed by atoms with van der Waals surface area (Å²) < 4.78 is 39.6. The second-order valence-electron chi connectivity index (χ2n) is 0.495. The second-order valence-corrected chi connectivity index (χ2v) is 2.93. The van der Waals surface area contributed by atoms with Crippen LogP contribution in [-0.4, -0.2) is 29.6 Å². The molecule has 1 nitrogen and oxygen atoms in total. The van der Waals surface area contributed by atoms with E-state index in [4.69, 9.17) is 0 Å². The molecule has 0 aliphatic rings. The molecule has 0 aliphatic carbocycles. The Morgan fingerprint density at radius 3 is 0.857 bits per heavy atom. The van der Waals surface area contributed by atoms with Crippen LogP contribution in [0.25, 0.3) is 0 Å². The topological polar surface area (TPSA) is 35.0 Å². The fraction of sp³-hybridized carbons (Fsp3) is 0. The first kappa shape index (κ1) is 15.9. The van der Waals surface area contributed by atoms with Gasteiger partial charge in [0.1, 0.15) is 0 Å². The van der Waals surface area contributed by atoms with Gasteiger partial charge in [0.2, 0.25) is 0 Å². The molecule has 0 rings (SSSR count). The summed E-state index contributed by atoms with van der Waals surface area (Å²) in [6.45, 7) is 0. The van der Waals surface area contributed by atoms with E-state index < -0.39 is 28.5 Å². The van der Waals surface area contributed by atoms with Crippen LogP contribution in [0.15, 0.2) is 0 Å². The van der Waals surface area contributed by atoms with Crippen molar-refractivity contribution in [1.82, 2.24) is 6.15 Å². The van der Waals surface area contributed by atoms with Crippen molar-refractivity contribution in [2.75, 3.05) is 0 Å². The molecule has 0 aromatic heterocycles. The van der Waals surface area contributed by atoms with Crippen LogP contribution in [0.1, 0.15) is 0 Å². The summed E-state index contributed by atoms with van der Waals surface area (Å²) in [5, 5.41) is 0. The van der Waals surface area contributed by atoms with Crippen molar-refractivity contribution in [2.45, 2.75) is 0 Å². The maximum atomic E-state index is 9.91. The molecular formula is H4F4NNaY. The minimum absolute atomic E-state index is 0. The Morgan fingerprint density at radius 1 is 0.857 bits per heavy atom. The molecule has 0 fully saturated rings. The Balaban J connectivity index is -0.0000000800. The molecule has 0 unspecified atom stereocenters. The molecule has 7 heavy (non-hydrogen) atoms. The summed E-state index contributed by atoms with van der Waals surface area (Å²) >= 11 is -7.26. The van der Waals surface area contributed by atoms with Gasteiger partial charge in [0, 0.05) is 0 Å². The van der Waals surface area contributed by atoms with E-state index in [0.29, 0.717) is 0 Å². The van der Waals surface area contributed by atoms with Gasteiger partial charge in [0.05, 0.1) is 0 Å². The Morgan fingerprint density at radius 2 is 0.857 bits per heavy atom. The zero-order valence-corrected chi connectivity index (χ0v) is 5.63. The van der Waals surface area contributed by atoms with Gasteiger partial charge in [-0.05, 0) is 0 Å². The molecule has 0 aromatic rings. The molecule has 0 spiro atoms. The van der Waals surface area contributed by atoms with Crippen LogP contribution < -0.4 is 6.15 Å². The van der Waals surface area contributed by atoms with Crippen LogP contribution in [0.4, 0.5) is 7.70 Å². The van der Waals surface area contributed by atoms with Gasteiger partial charge in [-0.2, -0.15) is 0 Å². The van der Waals surface area contributed by atoms with Crippen molar-refractivity contribution >= 4 is 29.6 Å². The number of hydrogen-bond donors (Lipinski definition) is 1. The molecule has 0 bridgehead atoms. The number of halogens is 4. The Hall–Kier alpha value is 1.78. The summed E-state index contributed by atoms with van der Waals surface area (Å²) in [6, 6.07) is 0. The third-order valence-corrected chi connectivity index (χ3v) is 0. The van der Waals surface area contributed by atoms with E-state index in [-0.39, 0.29) is 35.7 Å². The van der Waals surface area contributed by atoms with Gasteiger partial charge in [-0.15, -0.1) is 0 Å². The molecule has 0 saturated heterocycles. The summed E-state index contributed by atoms with van der Waals surface area (Å²) in [7, 11) is 0. The van der Waals surface area contributed by atoms with Crippen LogP contribution in [0.2, 0.25) is 0 Å². The molecular weight excluding hydrogens is 202 g/mol. The summed E-state index contributed by atoms with van der Waals surface area (Å²) in [5.74, 6) is 0. The van der Waals surface area contributed by atoms with E-state index >= 15 is 0 Å². The molecule has 0 radical (unpaired) electrons. The van der Waals surface area contributed by atoms with E-state index in [2.05, 4.69) is 0 Å². The van der Waals surface area contributed by atoms with Crippen LogP contribution in [0.5, 0.6) is 0 Å². The van der Waals surface area contributed by atoms with Crippen molar-refractivity contribution in [1.29, 1.82) is 0 Å².